The van der Waals surface area contributed by atoms with E-state index in [0.717, 1.165) is 30.8 Å². The van der Waals surface area contributed by atoms with Crippen LogP contribution in [0.2, 0.25) is 0 Å². The van der Waals surface area contributed by atoms with Crippen LogP contribution < -0.4 is 10.6 Å². The van der Waals surface area contributed by atoms with Crippen LogP contribution in [0.1, 0.15) is 47.4 Å². The Labute approximate surface area is 162 Å². The minimum absolute atomic E-state index is 0.0658. The number of esters is 1. The zero-order valence-corrected chi connectivity index (χ0v) is 16.1. The topological polar surface area (TPSA) is 116 Å². The van der Waals surface area contributed by atoms with E-state index in [9.17, 15) is 19.2 Å². The maximum Gasteiger partial charge on any atom is 0.322 e. The first-order chi connectivity index (χ1) is 13.3. The molecule has 3 heterocycles. The Hall–Kier alpha value is -2.68. The fourth-order valence-electron chi connectivity index (χ4n) is 3.58. The van der Waals surface area contributed by atoms with E-state index in [1.807, 2.05) is 13.8 Å². The molecule has 0 unspecified atom stereocenters. The SMILES string of the molecule is Cc1cc(C(=O)COC(=O)CC[C@@H]2NC(=O)NC2=O)c(C)n1C[C@H]1CCCO1. The van der Waals surface area contributed by atoms with E-state index in [2.05, 4.69) is 15.2 Å². The zero-order chi connectivity index (χ0) is 20.3. The van der Waals surface area contributed by atoms with E-state index in [0.29, 0.717) is 12.1 Å². The molecule has 9 heteroatoms. The van der Waals surface area contributed by atoms with Gasteiger partial charge in [-0.3, -0.25) is 19.7 Å². The normalized spacial score (nSPS) is 21.5. The van der Waals surface area contributed by atoms with Gasteiger partial charge in [-0.05, 0) is 39.2 Å². The average Bonchev–Trinajstić information content (AvgIpc) is 3.34. The molecule has 152 valence electrons. The van der Waals surface area contributed by atoms with Gasteiger partial charge in [0.25, 0.3) is 5.91 Å². The summed E-state index contributed by atoms with van der Waals surface area (Å²) < 4.78 is 12.8. The number of ketones is 1. The Balaban J connectivity index is 1.49. The number of rotatable bonds is 8. The summed E-state index contributed by atoms with van der Waals surface area (Å²) in [6, 6.07) is 0.489. The van der Waals surface area contributed by atoms with Crippen molar-refractivity contribution in [3.8, 4) is 0 Å². The van der Waals surface area contributed by atoms with E-state index < -0.39 is 23.9 Å². The van der Waals surface area contributed by atoms with Gasteiger partial charge < -0.3 is 19.4 Å². The molecular weight excluding hydrogens is 366 g/mol. The molecule has 2 saturated heterocycles. The predicted octanol–water partition coefficient (Wildman–Crippen LogP) is 0.998. The van der Waals surface area contributed by atoms with Crippen LogP contribution in [-0.4, -0.2) is 53.6 Å². The summed E-state index contributed by atoms with van der Waals surface area (Å²) in [5.41, 5.74) is 2.33. The lowest BCUT2D eigenvalue weighted by atomic mass is 10.1. The number of ether oxygens (including phenoxy) is 2. The number of amides is 3. The number of Topliss-reactive ketones (excluding diaryl/α,β-unsaturated/α-hetero) is 1. The Morgan fingerprint density at radius 3 is 2.75 bits per heavy atom. The van der Waals surface area contributed by atoms with Crippen LogP contribution in [0.5, 0.6) is 0 Å². The first-order valence-electron chi connectivity index (χ1n) is 9.43. The van der Waals surface area contributed by atoms with Crippen molar-refractivity contribution in [2.24, 2.45) is 0 Å². The lowest BCUT2D eigenvalue weighted by Crippen LogP contribution is -2.29. The van der Waals surface area contributed by atoms with Crippen LogP contribution in [-0.2, 0) is 25.6 Å². The maximum atomic E-state index is 12.5. The number of urea groups is 1. The van der Waals surface area contributed by atoms with Gasteiger partial charge in [0, 0.05) is 36.5 Å². The van der Waals surface area contributed by atoms with E-state index in [1.165, 1.54) is 0 Å². The summed E-state index contributed by atoms with van der Waals surface area (Å²) in [4.78, 5) is 46.8. The molecule has 0 radical (unpaired) electrons. The van der Waals surface area contributed by atoms with Crippen molar-refractivity contribution in [3.63, 3.8) is 0 Å². The molecule has 28 heavy (non-hydrogen) atoms. The van der Waals surface area contributed by atoms with Gasteiger partial charge in [-0.1, -0.05) is 0 Å². The van der Waals surface area contributed by atoms with E-state index in [4.69, 9.17) is 9.47 Å². The second-order valence-electron chi connectivity index (χ2n) is 7.17. The van der Waals surface area contributed by atoms with Crippen LogP contribution in [0, 0.1) is 13.8 Å². The van der Waals surface area contributed by atoms with Crippen molar-refractivity contribution in [2.45, 2.75) is 58.2 Å². The standard InChI is InChI=1S/C19H25N3O6/c1-11-8-14(12(2)22(11)9-13-4-3-7-27-13)16(23)10-28-17(24)6-5-15-18(25)21-19(26)20-15/h8,13,15H,3-7,9-10H2,1-2H3,(H2,20,21,25,26)/t13-,15+/m1/s1. The molecular formula is C19H25N3O6. The van der Waals surface area contributed by atoms with E-state index in [1.54, 1.807) is 6.07 Å². The van der Waals surface area contributed by atoms with Gasteiger partial charge in [-0.15, -0.1) is 0 Å². The van der Waals surface area contributed by atoms with Gasteiger partial charge in [0.1, 0.15) is 6.04 Å². The predicted molar refractivity (Wildman–Crippen MR) is 97.9 cm³/mol. The number of carbonyl (C=O) groups excluding carboxylic acids is 4. The van der Waals surface area contributed by atoms with Gasteiger partial charge in [0.05, 0.1) is 6.10 Å². The third-order valence-corrected chi connectivity index (χ3v) is 5.14. The van der Waals surface area contributed by atoms with Gasteiger partial charge in [-0.2, -0.15) is 0 Å². The highest BCUT2D eigenvalue weighted by Gasteiger charge is 2.30. The first-order valence-corrected chi connectivity index (χ1v) is 9.43. The average molecular weight is 391 g/mol. The monoisotopic (exact) mass is 391 g/mol. The molecule has 0 aromatic carbocycles. The molecule has 3 amide bonds. The molecule has 2 atom stereocenters. The second-order valence-corrected chi connectivity index (χ2v) is 7.17. The molecule has 2 fully saturated rings. The van der Waals surface area contributed by atoms with Crippen LogP contribution in [0.15, 0.2) is 6.07 Å². The van der Waals surface area contributed by atoms with E-state index >= 15 is 0 Å². The highest BCUT2D eigenvalue weighted by Crippen LogP contribution is 2.20. The van der Waals surface area contributed by atoms with Crippen LogP contribution in [0.25, 0.3) is 0 Å². The fraction of sp³-hybridized carbons (Fsp3) is 0.579. The van der Waals surface area contributed by atoms with Crippen molar-refractivity contribution in [1.82, 2.24) is 15.2 Å². The van der Waals surface area contributed by atoms with E-state index in [-0.39, 0.29) is 31.3 Å². The largest absolute Gasteiger partial charge is 0.457 e. The van der Waals surface area contributed by atoms with Gasteiger partial charge in [0.15, 0.2) is 6.61 Å². The molecule has 2 N–H and O–H groups in total. The lowest BCUT2D eigenvalue weighted by molar-refractivity contribution is -0.142. The quantitative estimate of drug-likeness (QED) is 0.388. The number of imide groups is 1. The first kappa shape index (κ1) is 20.1. The van der Waals surface area contributed by atoms with Crippen LogP contribution in [0.4, 0.5) is 4.79 Å². The number of nitrogens with zero attached hydrogens (tertiary/aromatic N) is 1. The van der Waals surface area contributed by atoms with Crippen molar-refractivity contribution in [1.29, 1.82) is 0 Å². The van der Waals surface area contributed by atoms with Crippen molar-refractivity contribution >= 4 is 23.7 Å². The number of aryl methyl sites for hydroxylation is 1. The third kappa shape index (κ3) is 4.59. The summed E-state index contributed by atoms with van der Waals surface area (Å²) in [5.74, 6) is -1.32. The molecule has 9 nitrogen and oxygen atoms in total. The third-order valence-electron chi connectivity index (χ3n) is 5.14. The number of hydrogen-bond acceptors (Lipinski definition) is 6. The summed E-state index contributed by atoms with van der Waals surface area (Å²) in [5, 5.41) is 4.50. The van der Waals surface area contributed by atoms with Crippen LogP contribution >= 0.6 is 0 Å². The Bertz CT molecular complexity index is 794. The summed E-state index contributed by atoms with van der Waals surface area (Å²) in [7, 11) is 0. The maximum absolute atomic E-state index is 12.5. The summed E-state index contributed by atoms with van der Waals surface area (Å²) >= 11 is 0. The molecule has 2 aliphatic heterocycles. The fourth-order valence-corrected chi connectivity index (χ4v) is 3.58. The lowest BCUT2D eigenvalue weighted by Gasteiger charge is -2.14. The van der Waals surface area contributed by atoms with Gasteiger partial charge >= 0.3 is 12.0 Å². The minimum Gasteiger partial charge on any atom is -0.457 e. The Morgan fingerprint density at radius 2 is 2.11 bits per heavy atom. The number of aromatic nitrogens is 1. The highest BCUT2D eigenvalue weighted by atomic mass is 16.5. The van der Waals surface area contributed by atoms with Crippen molar-refractivity contribution < 1.29 is 28.7 Å². The molecule has 3 rings (SSSR count). The summed E-state index contributed by atoms with van der Waals surface area (Å²) in [6.45, 7) is 4.94. The zero-order valence-electron chi connectivity index (χ0n) is 16.1. The molecule has 0 saturated carbocycles. The van der Waals surface area contributed by atoms with Gasteiger partial charge in [-0.25, -0.2) is 4.79 Å². The Kier molecular flexibility index (Phi) is 6.13. The smallest absolute Gasteiger partial charge is 0.322 e. The number of hydrogen-bond donors (Lipinski definition) is 2. The number of nitrogens with one attached hydrogen (secondary N) is 2. The van der Waals surface area contributed by atoms with Crippen molar-refractivity contribution in [2.75, 3.05) is 13.2 Å². The van der Waals surface area contributed by atoms with Gasteiger partial charge in [0.2, 0.25) is 5.78 Å². The van der Waals surface area contributed by atoms with Crippen molar-refractivity contribution in [3.05, 3.63) is 23.0 Å². The number of carbonyl (C=O) groups is 4. The second kappa shape index (κ2) is 8.55. The molecule has 0 bridgehead atoms. The molecule has 1 aromatic rings. The molecule has 2 aliphatic rings. The highest BCUT2D eigenvalue weighted by molar-refractivity contribution is 6.04. The molecule has 0 aliphatic carbocycles. The van der Waals surface area contributed by atoms with Crippen LogP contribution in [0.3, 0.4) is 0 Å². The Morgan fingerprint density at radius 1 is 1.32 bits per heavy atom. The summed E-state index contributed by atoms with van der Waals surface area (Å²) in [6.07, 6.45) is 2.29. The molecule has 1 aromatic heterocycles. The molecule has 0 spiro atoms. The minimum atomic E-state index is -0.743.